The van der Waals surface area contributed by atoms with Crippen molar-refractivity contribution in [2.75, 3.05) is 38.2 Å². The molecule has 17 heavy (non-hydrogen) atoms. The van der Waals surface area contributed by atoms with E-state index in [2.05, 4.69) is 55.1 Å². The van der Waals surface area contributed by atoms with Gasteiger partial charge >= 0.3 is 0 Å². The maximum atomic E-state index is 6.31. The minimum atomic E-state index is -0.394. The lowest BCUT2D eigenvalue weighted by Gasteiger charge is -2.36. The molecule has 0 unspecified atom stereocenters. The molecule has 2 atom stereocenters. The first-order chi connectivity index (χ1) is 7.95. The Kier molecular flexibility index (Phi) is 8.88. The van der Waals surface area contributed by atoms with Crippen LogP contribution in [0.1, 0.15) is 20.3 Å². The van der Waals surface area contributed by atoms with Gasteiger partial charge in [0.1, 0.15) is 0 Å². The SMILES string of the molecule is CCN[C@@](N)(CCS)CN[C@@](C)(CS)CNC. The Morgan fingerprint density at radius 2 is 1.82 bits per heavy atom. The Hall–Kier alpha value is 0.540. The zero-order valence-electron chi connectivity index (χ0n) is 11.2. The van der Waals surface area contributed by atoms with Gasteiger partial charge in [0.25, 0.3) is 0 Å². The summed E-state index contributed by atoms with van der Waals surface area (Å²) in [5, 5.41) is 9.99. The molecule has 5 N–H and O–H groups in total. The minimum Gasteiger partial charge on any atom is -0.318 e. The molecule has 0 rings (SSSR count). The fourth-order valence-electron chi connectivity index (χ4n) is 1.73. The monoisotopic (exact) mass is 280 g/mol. The molecule has 0 saturated carbocycles. The summed E-state index contributed by atoms with van der Waals surface area (Å²) >= 11 is 8.65. The summed E-state index contributed by atoms with van der Waals surface area (Å²) in [6.07, 6.45) is 0.832. The summed E-state index contributed by atoms with van der Waals surface area (Å²) in [5.74, 6) is 1.53. The van der Waals surface area contributed by atoms with Gasteiger partial charge in [0.2, 0.25) is 0 Å². The molecule has 0 aliphatic carbocycles. The van der Waals surface area contributed by atoms with Crippen molar-refractivity contribution in [1.29, 1.82) is 0 Å². The van der Waals surface area contributed by atoms with E-state index in [1.807, 2.05) is 7.05 Å². The predicted octanol–water partition coefficient (Wildman–Crippen LogP) is 0.0683. The topological polar surface area (TPSA) is 62.1 Å². The molecular formula is C11H28N4S2. The highest BCUT2D eigenvalue weighted by Gasteiger charge is 2.28. The Morgan fingerprint density at radius 3 is 2.24 bits per heavy atom. The molecule has 0 aromatic heterocycles. The lowest BCUT2D eigenvalue weighted by atomic mass is 10.0. The van der Waals surface area contributed by atoms with E-state index in [1.54, 1.807) is 0 Å². The van der Waals surface area contributed by atoms with Gasteiger partial charge in [-0.1, -0.05) is 6.92 Å². The van der Waals surface area contributed by atoms with Crippen molar-refractivity contribution in [2.45, 2.75) is 31.5 Å². The average Bonchev–Trinajstić information content (AvgIpc) is 2.28. The van der Waals surface area contributed by atoms with Crippen LogP contribution in [-0.4, -0.2) is 49.4 Å². The van der Waals surface area contributed by atoms with E-state index < -0.39 is 5.66 Å². The van der Waals surface area contributed by atoms with E-state index in [4.69, 9.17) is 5.73 Å². The number of nitrogens with two attached hydrogens (primary N) is 1. The van der Waals surface area contributed by atoms with E-state index >= 15 is 0 Å². The first kappa shape index (κ1) is 17.5. The van der Waals surface area contributed by atoms with E-state index in [1.165, 1.54) is 0 Å². The zero-order chi connectivity index (χ0) is 13.4. The fourth-order valence-corrected chi connectivity index (χ4v) is 2.35. The first-order valence-corrected chi connectivity index (χ1v) is 7.37. The molecule has 0 radical (unpaired) electrons. The van der Waals surface area contributed by atoms with Gasteiger partial charge in [-0.3, -0.25) is 5.32 Å². The van der Waals surface area contributed by atoms with Crippen LogP contribution in [0.5, 0.6) is 0 Å². The molecule has 0 spiro atoms. The maximum absolute atomic E-state index is 6.31. The molecular weight excluding hydrogens is 252 g/mol. The first-order valence-electron chi connectivity index (χ1n) is 6.10. The normalized spacial score (nSPS) is 18.7. The van der Waals surface area contributed by atoms with Crippen molar-refractivity contribution in [3.8, 4) is 0 Å². The highest BCUT2D eigenvalue weighted by molar-refractivity contribution is 7.80. The molecule has 0 fully saturated rings. The van der Waals surface area contributed by atoms with Gasteiger partial charge in [-0.15, -0.1) is 0 Å². The van der Waals surface area contributed by atoms with E-state index in [-0.39, 0.29) is 5.54 Å². The predicted molar refractivity (Wildman–Crippen MR) is 83.3 cm³/mol. The van der Waals surface area contributed by atoms with Gasteiger partial charge < -0.3 is 16.4 Å². The molecule has 104 valence electrons. The second-order valence-electron chi connectivity index (χ2n) is 4.76. The van der Waals surface area contributed by atoms with E-state index in [0.29, 0.717) is 6.54 Å². The largest absolute Gasteiger partial charge is 0.318 e. The molecule has 0 aliphatic heterocycles. The number of thiol groups is 2. The second kappa shape index (κ2) is 8.61. The summed E-state index contributed by atoms with van der Waals surface area (Å²) < 4.78 is 0. The summed E-state index contributed by atoms with van der Waals surface area (Å²) in [4.78, 5) is 0. The van der Waals surface area contributed by atoms with Crippen LogP contribution in [0.3, 0.4) is 0 Å². The Balaban J connectivity index is 4.35. The molecule has 0 aliphatic rings. The van der Waals surface area contributed by atoms with Crippen LogP contribution in [0.2, 0.25) is 0 Å². The fraction of sp³-hybridized carbons (Fsp3) is 1.00. The Morgan fingerprint density at radius 1 is 1.18 bits per heavy atom. The minimum absolute atomic E-state index is 0.0471. The highest BCUT2D eigenvalue weighted by atomic mass is 32.1. The van der Waals surface area contributed by atoms with Crippen molar-refractivity contribution in [1.82, 2.24) is 16.0 Å². The molecule has 0 amide bonds. The highest BCUT2D eigenvalue weighted by Crippen LogP contribution is 2.09. The Labute approximate surface area is 117 Å². The van der Waals surface area contributed by atoms with Crippen LogP contribution in [0.15, 0.2) is 0 Å². The van der Waals surface area contributed by atoms with E-state index in [9.17, 15) is 0 Å². The molecule has 0 aromatic rings. The quantitative estimate of drug-likeness (QED) is 0.253. The van der Waals surface area contributed by atoms with Crippen molar-refractivity contribution >= 4 is 25.3 Å². The van der Waals surface area contributed by atoms with Gasteiger partial charge in [0.05, 0.1) is 5.66 Å². The number of nitrogens with one attached hydrogen (secondary N) is 3. The van der Waals surface area contributed by atoms with Crippen LogP contribution in [-0.2, 0) is 0 Å². The smallest absolute Gasteiger partial charge is 0.0798 e. The van der Waals surface area contributed by atoms with Gasteiger partial charge in [-0.25, -0.2) is 0 Å². The summed E-state index contributed by atoms with van der Waals surface area (Å²) in [7, 11) is 1.94. The summed E-state index contributed by atoms with van der Waals surface area (Å²) in [5.41, 5.74) is 5.87. The molecule has 0 aromatic carbocycles. The van der Waals surface area contributed by atoms with Crippen molar-refractivity contribution in [2.24, 2.45) is 5.73 Å². The second-order valence-corrected chi connectivity index (χ2v) is 5.53. The van der Waals surface area contributed by atoms with Crippen LogP contribution in [0.25, 0.3) is 0 Å². The third kappa shape index (κ3) is 6.88. The standard InChI is InChI=1S/C11H28N4S2/c1-4-14-11(12,5-6-16)8-15-10(2,9-17)7-13-3/h13-17H,4-9,12H2,1-3H3/t10-,11+/m1/s1. The molecule has 4 nitrogen and oxygen atoms in total. The maximum Gasteiger partial charge on any atom is 0.0798 e. The lowest BCUT2D eigenvalue weighted by Crippen LogP contribution is -2.64. The average molecular weight is 281 g/mol. The summed E-state index contributed by atoms with van der Waals surface area (Å²) in [6, 6.07) is 0. The van der Waals surface area contributed by atoms with E-state index in [0.717, 1.165) is 31.0 Å². The third-order valence-corrected chi connectivity index (χ3v) is 3.75. The molecule has 0 bridgehead atoms. The van der Waals surface area contributed by atoms with Crippen LogP contribution >= 0.6 is 25.3 Å². The molecule has 6 heteroatoms. The van der Waals surface area contributed by atoms with Gasteiger partial charge in [0, 0.05) is 24.4 Å². The van der Waals surface area contributed by atoms with Crippen molar-refractivity contribution in [3.63, 3.8) is 0 Å². The van der Waals surface area contributed by atoms with Gasteiger partial charge in [-0.05, 0) is 32.7 Å². The lowest BCUT2D eigenvalue weighted by molar-refractivity contribution is 0.269. The number of hydrogen-bond donors (Lipinski definition) is 6. The third-order valence-electron chi connectivity index (χ3n) is 2.83. The van der Waals surface area contributed by atoms with Crippen LogP contribution < -0.4 is 21.7 Å². The number of hydrogen-bond acceptors (Lipinski definition) is 6. The summed E-state index contributed by atoms with van der Waals surface area (Å²) in [6.45, 7) is 6.63. The zero-order valence-corrected chi connectivity index (χ0v) is 13.0. The van der Waals surface area contributed by atoms with Crippen molar-refractivity contribution in [3.05, 3.63) is 0 Å². The van der Waals surface area contributed by atoms with Gasteiger partial charge in [-0.2, -0.15) is 25.3 Å². The van der Waals surface area contributed by atoms with Crippen LogP contribution in [0, 0.1) is 0 Å². The van der Waals surface area contributed by atoms with Crippen LogP contribution in [0.4, 0.5) is 0 Å². The van der Waals surface area contributed by atoms with Crippen molar-refractivity contribution < 1.29 is 0 Å². The van der Waals surface area contributed by atoms with Gasteiger partial charge in [0.15, 0.2) is 0 Å². The molecule has 0 heterocycles. The Bertz CT molecular complexity index is 198. The number of likely N-dealkylation sites (N-methyl/N-ethyl adjacent to an activating group) is 2. The molecule has 0 saturated heterocycles. The number of rotatable bonds is 10.